The summed E-state index contributed by atoms with van der Waals surface area (Å²) < 4.78 is 5.00. The van der Waals surface area contributed by atoms with Crippen molar-refractivity contribution in [2.45, 2.75) is 33.2 Å². The van der Waals surface area contributed by atoms with Gasteiger partial charge >= 0.3 is 0 Å². The fourth-order valence-electron chi connectivity index (χ4n) is 1.37. The molecule has 5 nitrogen and oxygen atoms in total. The van der Waals surface area contributed by atoms with E-state index in [1.165, 1.54) is 0 Å². The lowest BCUT2D eigenvalue weighted by Gasteiger charge is -2.23. The Morgan fingerprint density at radius 3 is 2.56 bits per heavy atom. The van der Waals surface area contributed by atoms with Gasteiger partial charge in [0, 0.05) is 32.7 Å². The third kappa shape index (κ3) is 8.04. The molecule has 0 aliphatic heterocycles. The normalized spacial score (nSPS) is 12.5. The fourth-order valence-corrected chi connectivity index (χ4v) is 1.37. The van der Waals surface area contributed by atoms with E-state index in [4.69, 9.17) is 10.00 Å². The number of amides is 1. The molecule has 1 N–H and O–H groups in total. The molecule has 0 rings (SSSR count). The van der Waals surface area contributed by atoms with Crippen LogP contribution in [0, 0.1) is 17.2 Å². The van der Waals surface area contributed by atoms with Gasteiger partial charge in [-0.2, -0.15) is 5.26 Å². The van der Waals surface area contributed by atoms with E-state index in [1.54, 1.807) is 7.11 Å². The number of nitriles is 1. The second kappa shape index (κ2) is 9.86. The second-order valence-electron chi connectivity index (χ2n) is 4.78. The summed E-state index contributed by atoms with van der Waals surface area (Å²) in [6.45, 7) is 8.30. The number of methoxy groups -OCH3 is 1. The van der Waals surface area contributed by atoms with Crippen LogP contribution in [-0.2, 0) is 9.53 Å². The van der Waals surface area contributed by atoms with Gasteiger partial charge in [-0.15, -0.1) is 0 Å². The molecule has 0 aliphatic rings. The number of nitrogens with zero attached hydrogens (tertiary/aromatic N) is 2. The monoisotopic (exact) mass is 255 g/mol. The molecular formula is C13H25N3O2. The standard InChI is InChI=1S/C13H25N3O2/c1-11(2)12(3)15-13(17)10-16(7-5-6-14)8-9-18-4/h11-12H,5,7-10H2,1-4H3,(H,15,17). The smallest absolute Gasteiger partial charge is 0.234 e. The molecule has 0 aliphatic carbocycles. The fraction of sp³-hybridized carbons (Fsp3) is 0.846. The van der Waals surface area contributed by atoms with Crippen LogP contribution in [0.15, 0.2) is 0 Å². The van der Waals surface area contributed by atoms with Gasteiger partial charge < -0.3 is 10.1 Å². The van der Waals surface area contributed by atoms with Crippen LogP contribution in [0.25, 0.3) is 0 Å². The molecule has 1 amide bonds. The second-order valence-corrected chi connectivity index (χ2v) is 4.78. The molecular weight excluding hydrogens is 230 g/mol. The van der Waals surface area contributed by atoms with Crippen LogP contribution < -0.4 is 5.32 Å². The van der Waals surface area contributed by atoms with Gasteiger partial charge in [-0.1, -0.05) is 13.8 Å². The Morgan fingerprint density at radius 1 is 1.39 bits per heavy atom. The average molecular weight is 255 g/mol. The Kier molecular flexibility index (Phi) is 9.25. The van der Waals surface area contributed by atoms with Gasteiger partial charge in [-0.05, 0) is 12.8 Å². The summed E-state index contributed by atoms with van der Waals surface area (Å²) in [6, 6.07) is 2.26. The van der Waals surface area contributed by atoms with E-state index in [1.807, 2.05) is 11.8 Å². The quantitative estimate of drug-likeness (QED) is 0.668. The zero-order valence-corrected chi connectivity index (χ0v) is 11.9. The summed E-state index contributed by atoms with van der Waals surface area (Å²) in [4.78, 5) is 13.8. The predicted octanol–water partition coefficient (Wildman–Crippen LogP) is 1.01. The van der Waals surface area contributed by atoms with Crippen molar-refractivity contribution in [2.24, 2.45) is 5.92 Å². The van der Waals surface area contributed by atoms with Gasteiger partial charge in [0.05, 0.1) is 19.2 Å². The summed E-state index contributed by atoms with van der Waals surface area (Å²) in [6.07, 6.45) is 0.427. The molecule has 1 atom stereocenters. The Labute approximate surface area is 110 Å². The first-order valence-electron chi connectivity index (χ1n) is 6.38. The van der Waals surface area contributed by atoms with Crippen molar-refractivity contribution >= 4 is 5.91 Å². The predicted molar refractivity (Wildman–Crippen MR) is 71.0 cm³/mol. The van der Waals surface area contributed by atoms with E-state index in [0.717, 1.165) is 0 Å². The highest BCUT2D eigenvalue weighted by molar-refractivity contribution is 5.78. The zero-order valence-electron chi connectivity index (χ0n) is 11.9. The minimum atomic E-state index is 0.00485. The van der Waals surface area contributed by atoms with Crippen molar-refractivity contribution in [3.05, 3.63) is 0 Å². The van der Waals surface area contributed by atoms with Gasteiger partial charge in [0.25, 0.3) is 0 Å². The highest BCUT2D eigenvalue weighted by Gasteiger charge is 2.14. The van der Waals surface area contributed by atoms with Crippen LogP contribution in [-0.4, -0.2) is 50.2 Å². The van der Waals surface area contributed by atoms with E-state index >= 15 is 0 Å². The Hall–Kier alpha value is -1.12. The van der Waals surface area contributed by atoms with Crippen molar-refractivity contribution in [3.63, 3.8) is 0 Å². The van der Waals surface area contributed by atoms with Crippen molar-refractivity contribution in [1.29, 1.82) is 5.26 Å². The van der Waals surface area contributed by atoms with Crippen molar-refractivity contribution in [1.82, 2.24) is 10.2 Å². The summed E-state index contributed by atoms with van der Waals surface area (Å²) >= 11 is 0. The van der Waals surface area contributed by atoms with Gasteiger partial charge in [0.1, 0.15) is 0 Å². The molecule has 0 aromatic heterocycles. The number of carbonyl (C=O) groups is 1. The molecule has 0 heterocycles. The van der Waals surface area contributed by atoms with Crippen LogP contribution in [0.2, 0.25) is 0 Å². The molecule has 18 heavy (non-hydrogen) atoms. The van der Waals surface area contributed by atoms with Crippen molar-refractivity contribution in [2.75, 3.05) is 33.4 Å². The lowest BCUT2D eigenvalue weighted by molar-refractivity contribution is -0.123. The van der Waals surface area contributed by atoms with E-state index < -0.39 is 0 Å². The number of nitrogens with one attached hydrogen (secondary N) is 1. The molecule has 0 saturated heterocycles. The van der Waals surface area contributed by atoms with Gasteiger partial charge in [0.15, 0.2) is 0 Å². The number of ether oxygens (including phenoxy) is 1. The van der Waals surface area contributed by atoms with E-state index in [-0.39, 0.29) is 11.9 Å². The third-order valence-electron chi connectivity index (χ3n) is 2.91. The first-order chi connectivity index (χ1) is 8.51. The molecule has 0 radical (unpaired) electrons. The number of hydrogen-bond acceptors (Lipinski definition) is 4. The molecule has 0 saturated carbocycles. The molecule has 5 heteroatoms. The maximum Gasteiger partial charge on any atom is 0.234 e. The highest BCUT2D eigenvalue weighted by atomic mass is 16.5. The van der Waals surface area contributed by atoms with E-state index in [9.17, 15) is 4.79 Å². The van der Waals surface area contributed by atoms with Gasteiger partial charge in [-0.25, -0.2) is 0 Å². The lowest BCUT2D eigenvalue weighted by Crippen LogP contribution is -2.43. The number of carbonyl (C=O) groups excluding carboxylic acids is 1. The SMILES string of the molecule is COCCN(CCC#N)CC(=O)NC(C)C(C)C. The molecule has 0 bridgehead atoms. The van der Waals surface area contributed by atoms with Gasteiger partial charge in [-0.3, -0.25) is 9.69 Å². The average Bonchev–Trinajstić information content (AvgIpc) is 2.32. The van der Waals surface area contributed by atoms with Crippen molar-refractivity contribution < 1.29 is 9.53 Å². The van der Waals surface area contributed by atoms with Crippen LogP contribution in [0.1, 0.15) is 27.2 Å². The summed E-state index contributed by atoms with van der Waals surface area (Å²) in [5.74, 6) is 0.422. The van der Waals surface area contributed by atoms with E-state index in [0.29, 0.717) is 38.6 Å². The third-order valence-corrected chi connectivity index (χ3v) is 2.91. The largest absolute Gasteiger partial charge is 0.383 e. The van der Waals surface area contributed by atoms with Crippen LogP contribution in [0.4, 0.5) is 0 Å². The van der Waals surface area contributed by atoms with Gasteiger partial charge in [0.2, 0.25) is 5.91 Å². The molecule has 0 aromatic rings. The Bertz CT molecular complexity index is 274. The minimum absolute atomic E-state index is 0.00485. The van der Waals surface area contributed by atoms with E-state index in [2.05, 4.69) is 25.2 Å². The maximum absolute atomic E-state index is 11.8. The summed E-state index contributed by atoms with van der Waals surface area (Å²) in [7, 11) is 1.63. The molecule has 0 aromatic carbocycles. The topological polar surface area (TPSA) is 65.4 Å². The minimum Gasteiger partial charge on any atom is -0.383 e. The first kappa shape index (κ1) is 16.9. The summed E-state index contributed by atoms with van der Waals surface area (Å²) in [5, 5.41) is 11.5. The van der Waals surface area contributed by atoms with Crippen molar-refractivity contribution in [3.8, 4) is 6.07 Å². The Morgan fingerprint density at radius 2 is 2.06 bits per heavy atom. The summed E-state index contributed by atoms with van der Waals surface area (Å²) in [5.41, 5.74) is 0. The molecule has 0 spiro atoms. The number of rotatable bonds is 9. The highest BCUT2D eigenvalue weighted by Crippen LogP contribution is 2.00. The molecule has 1 unspecified atom stereocenters. The van der Waals surface area contributed by atoms with Crippen LogP contribution in [0.5, 0.6) is 0 Å². The molecule has 0 fully saturated rings. The maximum atomic E-state index is 11.8. The van der Waals surface area contributed by atoms with Crippen LogP contribution >= 0.6 is 0 Å². The number of hydrogen-bond donors (Lipinski definition) is 1. The first-order valence-corrected chi connectivity index (χ1v) is 6.38. The van der Waals surface area contributed by atoms with Crippen LogP contribution in [0.3, 0.4) is 0 Å². The zero-order chi connectivity index (χ0) is 14.0. The Balaban J connectivity index is 4.12. The molecule has 104 valence electrons. The lowest BCUT2D eigenvalue weighted by atomic mass is 10.1.